The number of carboxylic acids is 1. The number of aliphatic carboxylic acids is 1. The van der Waals surface area contributed by atoms with Crippen LogP contribution in [0.5, 0.6) is 5.75 Å². The predicted octanol–water partition coefficient (Wildman–Crippen LogP) is 2.35. The standard InChI is InChI=1S/C9H9IO3/c1-6-2-3-8(13-10)7(4-6)5-9(11)12/h2-4H,5H2,1H3,(H,11,12). The van der Waals surface area contributed by atoms with Gasteiger partial charge in [0, 0.05) is 5.56 Å². The summed E-state index contributed by atoms with van der Waals surface area (Å²) in [6.07, 6.45) is 0.0000148. The number of rotatable bonds is 3. The second-order valence-corrected chi connectivity index (χ2v) is 3.20. The van der Waals surface area contributed by atoms with Crippen molar-refractivity contribution in [3.8, 4) is 5.75 Å². The monoisotopic (exact) mass is 292 g/mol. The van der Waals surface area contributed by atoms with Gasteiger partial charge in [-0.15, -0.1) is 0 Å². The minimum absolute atomic E-state index is 0.0000148. The van der Waals surface area contributed by atoms with Crippen molar-refractivity contribution in [3.63, 3.8) is 0 Å². The summed E-state index contributed by atoms with van der Waals surface area (Å²) in [5.74, 6) is -0.228. The highest BCUT2D eigenvalue weighted by atomic mass is 127. The summed E-state index contributed by atoms with van der Waals surface area (Å²) < 4.78 is 5.01. The molecule has 0 bridgehead atoms. The average molecular weight is 292 g/mol. The lowest BCUT2D eigenvalue weighted by molar-refractivity contribution is -0.136. The highest BCUT2D eigenvalue weighted by Crippen LogP contribution is 2.22. The topological polar surface area (TPSA) is 46.5 Å². The Balaban J connectivity index is 3.01. The Morgan fingerprint density at radius 3 is 2.85 bits per heavy atom. The molecule has 0 spiro atoms. The summed E-state index contributed by atoms with van der Waals surface area (Å²) in [7, 11) is 0. The Morgan fingerprint density at radius 1 is 1.62 bits per heavy atom. The van der Waals surface area contributed by atoms with Gasteiger partial charge in [0.2, 0.25) is 0 Å². The van der Waals surface area contributed by atoms with E-state index in [-0.39, 0.29) is 6.42 Å². The lowest BCUT2D eigenvalue weighted by Gasteiger charge is -2.05. The van der Waals surface area contributed by atoms with Crippen molar-refractivity contribution >= 4 is 29.0 Å². The smallest absolute Gasteiger partial charge is 0.307 e. The van der Waals surface area contributed by atoms with Crippen molar-refractivity contribution in [2.45, 2.75) is 13.3 Å². The third kappa shape index (κ3) is 2.87. The van der Waals surface area contributed by atoms with Crippen LogP contribution in [-0.4, -0.2) is 11.1 Å². The molecule has 0 saturated carbocycles. The normalized spacial score (nSPS) is 9.69. The van der Waals surface area contributed by atoms with Crippen LogP contribution in [0, 0.1) is 6.92 Å². The van der Waals surface area contributed by atoms with E-state index >= 15 is 0 Å². The molecule has 1 aromatic rings. The minimum atomic E-state index is -0.847. The molecule has 0 unspecified atom stereocenters. The molecule has 0 aliphatic rings. The first-order chi connectivity index (χ1) is 6.13. The van der Waals surface area contributed by atoms with Crippen LogP contribution in [0.3, 0.4) is 0 Å². The number of benzene rings is 1. The first kappa shape index (κ1) is 10.3. The lowest BCUT2D eigenvalue weighted by Crippen LogP contribution is -2.01. The van der Waals surface area contributed by atoms with E-state index < -0.39 is 5.97 Å². The molecule has 1 N–H and O–H groups in total. The van der Waals surface area contributed by atoms with E-state index in [1.165, 1.54) is 0 Å². The van der Waals surface area contributed by atoms with Gasteiger partial charge in [-0.25, -0.2) is 0 Å². The van der Waals surface area contributed by atoms with Gasteiger partial charge in [-0.05, 0) is 13.0 Å². The van der Waals surface area contributed by atoms with E-state index in [0.29, 0.717) is 11.3 Å². The molecule has 3 nitrogen and oxygen atoms in total. The third-order valence-electron chi connectivity index (χ3n) is 1.64. The molecule has 0 radical (unpaired) electrons. The molecule has 0 heterocycles. The van der Waals surface area contributed by atoms with Crippen LogP contribution < -0.4 is 3.07 Å². The molecule has 0 atom stereocenters. The Labute approximate surface area is 90.4 Å². The van der Waals surface area contributed by atoms with Crippen LogP contribution in [0.2, 0.25) is 0 Å². The van der Waals surface area contributed by atoms with Gasteiger partial charge in [0.05, 0.1) is 6.42 Å². The molecule has 0 saturated heterocycles. The van der Waals surface area contributed by atoms with Gasteiger partial charge >= 0.3 is 5.97 Å². The van der Waals surface area contributed by atoms with Gasteiger partial charge in [-0.3, -0.25) is 4.79 Å². The number of halogens is 1. The molecular formula is C9H9IO3. The van der Waals surface area contributed by atoms with Crippen LogP contribution in [0.4, 0.5) is 0 Å². The Hall–Kier alpha value is -0.780. The van der Waals surface area contributed by atoms with Gasteiger partial charge in [0.25, 0.3) is 0 Å². The second-order valence-electron chi connectivity index (χ2n) is 2.76. The van der Waals surface area contributed by atoms with Crippen molar-refractivity contribution in [3.05, 3.63) is 29.3 Å². The zero-order valence-electron chi connectivity index (χ0n) is 7.08. The van der Waals surface area contributed by atoms with Gasteiger partial charge in [-0.2, -0.15) is 0 Å². The maximum absolute atomic E-state index is 10.5. The molecule has 0 aliphatic heterocycles. The molecule has 0 fully saturated rings. The zero-order valence-corrected chi connectivity index (χ0v) is 9.24. The average Bonchev–Trinajstić information content (AvgIpc) is 2.03. The molecule has 1 rings (SSSR count). The SMILES string of the molecule is Cc1ccc(OI)c(CC(=O)O)c1. The van der Waals surface area contributed by atoms with E-state index in [9.17, 15) is 4.79 Å². The van der Waals surface area contributed by atoms with Crippen molar-refractivity contribution in [2.75, 3.05) is 0 Å². The summed E-state index contributed by atoms with van der Waals surface area (Å²) in [6, 6.07) is 5.49. The fourth-order valence-electron chi connectivity index (χ4n) is 1.08. The highest BCUT2D eigenvalue weighted by Gasteiger charge is 2.07. The number of carboxylic acid groups (broad SMARTS) is 1. The molecule has 70 valence electrons. The molecule has 0 aromatic heterocycles. The summed E-state index contributed by atoms with van der Waals surface area (Å²) in [4.78, 5) is 10.5. The first-order valence-electron chi connectivity index (χ1n) is 3.73. The van der Waals surface area contributed by atoms with Crippen LogP contribution in [0.1, 0.15) is 11.1 Å². The van der Waals surface area contributed by atoms with E-state index in [1.54, 1.807) is 29.1 Å². The van der Waals surface area contributed by atoms with Gasteiger partial charge in [0.15, 0.2) is 23.0 Å². The molecular weight excluding hydrogens is 283 g/mol. The van der Waals surface area contributed by atoms with Gasteiger partial charge in [-0.1, -0.05) is 17.7 Å². The maximum atomic E-state index is 10.5. The summed E-state index contributed by atoms with van der Waals surface area (Å²) in [5.41, 5.74) is 1.75. The maximum Gasteiger partial charge on any atom is 0.307 e. The fourth-order valence-corrected chi connectivity index (χ4v) is 1.51. The van der Waals surface area contributed by atoms with E-state index in [1.807, 2.05) is 19.1 Å². The van der Waals surface area contributed by atoms with Crippen molar-refractivity contribution in [1.82, 2.24) is 0 Å². The van der Waals surface area contributed by atoms with Gasteiger partial charge in [0.1, 0.15) is 5.75 Å². The Bertz CT molecular complexity index is 323. The molecule has 1 aromatic carbocycles. The van der Waals surface area contributed by atoms with E-state index in [4.69, 9.17) is 8.17 Å². The number of aryl methyl sites for hydroxylation is 1. The highest BCUT2D eigenvalue weighted by molar-refractivity contribution is 14.1. The molecule has 0 amide bonds. The van der Waals surface area contributed by atoms with Crippen LogP contribution >= 0.6 is 23.0 Å². The first-order valence-corrected chi connectivity index (χ1v) is 4.61. The third-order valence-corrected chi connectivity index (χ3v) is 2.12. The predicted molar refractivity (Wildman–Crippen MR) is 57.2 cm³/mol. The molecule has 0 aliphatic carbocycles. The molecule has 4 heteroatoms. The largest absolute Gasteiger partial charge is 0.481 e. The number of hydrogen-bond donors (Lipinski definition) is 1. The minimum Gasteiger partial charge on any atom is -0.481 e. The summed E-state index contributed by atoms with van der Waals surface area (Å²) in [6.45, 7) is 1.92. The van der Waals surface area contributed by atoms with Crippen LogP contribution in [-0.2, 0) is 11.2 Å². The quantitative estimate of drug-likeness (QED) is 0.870. The van der Waals surface area contributed by atoms with Crippen LogP contribution in [0.15, 0.2) is 18.2 Å². The number of carbonyl (C=O) groups is 1. The Kier molecular flexibility index (Phi) is 3.53. The summed E-state index contributed by atoms with van der Waals surface area (Å²) >= 11 is 1.74. The van der Waals surface area contributed by atoms with E-state index in [0.717, 1.165) is 5.56 Å². The fraction of sp³-hybridized carbons (Fsp3) is 0.222. The van der Waals surface area contributed by atoms with Crippen molar-refractivity contribution < 1.29 is 13.0 Å². The van der Waals surface area contributed by atoms with Gasteiger partial charge < -0.3 is 8.17 Å². The summed E-state index contributed by atoms with van der Waals surface area (Å²) in [5, 5.41) is 8.62. The van der Waals surface area contributed by atoms with Crippen molar-refractivity contribution in [1.29, 1.82) is 0 Å². The lowest BCUT2D eigenvalue weighted by atomic mass is 10.1. The van der Waals surface area contributed by atoms with Crippen molar-refractivity contribution in [2.24, 2.45) is 0 Å². The second kappa shape index (κ2) is 4.45. The Morgan fingerprint density at radius 2 is 2.31 bits per heavy atom. The number of hydrogen-bond acceptors (Lipinski definition) is 2. The van der Waals surface area contributed by atoms with E-state index in [2.05, 4.69) is 0 Å². The zero-order chi connectivity index (χ0) is 9.84. The van der Waals surface area contributed by atoms with Crippen LogP contribution in [0.25, 0.3) is 0 Å². The molecule has 13 heavy (non-hydrogen) atoms.